The zero-order valence-corrected chi connectivity index (χ0v) is 20.1. The van der Waals surface area contributed by atoms with Crippen molar-refractivity contribution in [1.82, 2.24) is 25.5 Å². The minimum atomic E-state index is -0.171. The van der Waals surface area contributed by atoms with Gasteiger partial charge in [-0.3, -0.25) is 4.79 Å². The quantitative estimate of drug-likeness (QED) is 0.244. The van der Waals surface area contributed by atoms with Gasteiger partial charge in [0.25, 0.3) is 0 Å². The van der Waals surface area contributed by atoms with E-state index in [0.717, 1.165) is 30.0 Å². The van der Waals surface area contributed by atoms with Crippen molar-refractivity contribution in [1.29, 1.82) is 0 Å². The molecule has 0 aliphatic rings. The van der Waals surface area contributed by atoms with Crippen LogP contribution in [0.15, 0.2) is 55.0 Å². The molecule has 0 aliphatic carbocycles. The number of amides is 1. The number of anilines is 1. The van der Waals surface area contributed by atoms with Gasteiger partial charge in [0.2, 0.25) is 5.91 Å². The van der Waals surface area contributed by atoms with E-state index in [1.54, 1.807) is 23.9 Å². The van der Waals surface area contributed by atoms with Gasteiger partial charge in [0, 0.05) is 28.1 Å². The van der Waals surface area contributed by atoms with Crippen LogP contribution in [-0.4, -0.2) is 44.3 Å². The number of aromatic amines is 1. The predicted octanol–water partition coefficient (Wildman–Crippen LogP) is 3.83. The molecule has 4 aromatic rings. The Hall–Kier alpha value is -2.67. The largest absolute Gasteiger partial charge is 0.395 e. The maximum absolute atomic E-state index is 11.4. The molecule has 1 unspecified atom stereocenters. The molecule has 8 nitrogen and oxygen atoms in total. The molecule has 0 saturated heterocycles. The monoisotopic (exact) mass is 560 g/mol. The van der Waals surface area contributed by atoms with E-state index < -0.39 is 0 Å². The van der Waals surface area contributed by atoms with Crippen LogP contribution in [0.2, 0.25) is 0 Å². The van der Waals surface area contributed by atoms with E-state index in [-0.39, 0.29) is 18.6 Å². The van der Waals surface area contributed by atoms with Crippen molar-refractivity contribution in [2.24, 2.45) is 0 Å². The highest BCUT2D eigenvalue weighted by molar-refractivity contribution is 14.1. The van der Waals surface area contributed by atoms with Crippen LogP contribution < -0.4 is 10.6 Å². The minimum Gasteiger partial charge on any atom is -0.395 e. The molecule has 0 bridgehead atoms. The van der Waals surface area contributed by atoms with Crippen LogP contribution in [0.25, 0.3) is 21.1 Å². The lowest BCUT2D eigenvalue weighted by atomic mass is 9.98. The van der Waals surface area contributed by atoms with Crippen LogP contribution in [0.1, 0.15) is 24.1 Å². The number of aliphatic hydroxyl groups is 1. The van der Waals surface area contributed by atoms with E-state index in [4.69, 9.17) is 0 Å². The van der Waals surface area contributed by atoms with Crippen LogP contribution in [-0.2, 0) is 4.79 Å². The minimum absolute atomic E-state index is 0.0277. The van der Waals surface area contributed by atoms with Gasteiger partial charge >= 0.3 is 0 Å². The zero-order valence-electron chi connectivity index (χ0n) is 17.2. The number of pyridine rings is 1. The Kier molecular flexibility index (Phi) is 7.25. The van der Waals surface area contributed by atoms with Crippen LogP contribution in [0.3, 0.4) is 0 Å². The number of nitrogens with zero attached hydrogens (tertiary/aromatic N) is 3. The predicted molar refractivity (Wildman–Crippen MR) is 133 cm³/mol. The van der Waals surface area contributed by atoms with E-state index in [1.807, 2.05) is 12.1 Å². The summed E-state index contributed by atoms with van der Waals surface area (Å²) in [5.41, 5.74) is 3.04. The van der Waals surface area contributed by atoms with E-state index in [0.29, 0.717) is 18.2 Å². The molecule has 1 atom stereocenters. The summed E-state index contributed by atoms with van der Waals surface area (Å²) in [6, 6.07) is 14.0. The average molecular weight is 560 g/mol. The molecule has 4 N–H and O–H groups in total. The second-order valence-electron chi connectivity index (χ2n) is 7.01. The third kappa shape index (κ3) is 5.21. The number of carbonyl (C=O) groups is 1. The number of rotatable bonds is 8. The first-order valence-electron chi connectivity index (χ1n) is 9.89. The van der Waals surface area contributed by atoms with Crippen molar-refractivity contribution in [3.63, 3.8) is 0 Å². The van der Waals surface area contributed by atoms with Crippen molar-refractivity contribution in [2.75, 3.05) is 18.5 Å². The number of benzene rings is 1. The van der Waals surface area contributed by atoms with Gasteiger partial charge in [-0.15, -0.1) is 21.5 Å². The lowest BCUT2D eigenvalue weighted by Crippen LogP contribution is -2.25. The summed E-state index contributed by atoms with van der Waals surface area (Å²) in [6.07, 6.45) is 3.23. The van der Waals surface area contributed by atoms with Crippen molar-refractivity contribution in [3.05, 3.63) is 69.7 Å². The van der Waals surface area contributed by atoms with Gasteiger partial charge in [-0.05, 0) is 69.6 Å². The summed E-state index contributed by atoms with van der Waals surface area (Å²) in [6.45, 7) is 1.93. The van der Waals surface area contributed by atoms with Crippen molar-refractivity contribution >= 4 is 45.7 Å². The maximum atomic E-state index is 11.4. The van der Waals surface area contributed by atoms with Gasteiger partial charge in [-0.2, -0.15) is 0 Å². The highest BCUT2D eigenvalue weighted by Crippen LogP contribution is 2.41. The fourth-order valence-electron chi connectivity index (χ4n) is 3.37. The number of nitrogens with one attached hydrogen (secondary N) is 3. The molecule has 0 saturated carbocycles. The maximum Gasteiger partial charge on any atom is 0.222 e. The number of thiophene rings is 1. The molecule has 0 spiro atoms. The number of carbonyl (C=O) groups excluding carboxylic acids is 1. The van der Waals surface area contributed by atoms with Gasteiger partial charge < -0.3 is 20.7 Å². The third-order valence-corrected chi connectivity index (χ3v) is 6.64. The van der Waals surface area contributed by atoms with Gasteiger partial charge in [-0.25, -0.2) is 4.98 Å². The van der Waals surface area contributed by atoms with E-state index in [2.05, 4.69) is 83.7 Å². The lowest BCUT2D eigenvalue weighted by molar-refractivity contribution is -0.114. The topological polar surface area (TPSA) is 116 Å². The summed E-state index contributed by atoms with van der Waals surface area (Å²) < 4.78 is 1.15. The fourth-order valence-corrected chi connectivity index (χ4v) is 4.87. The lowest BCUT2D eigenvalue weighted by Gasteiger charge is -2.19. The van der Waals surface area contributed by atoms with Crippen LogP contribution in [0.5, 0.6) is 0 Å². The van der Waals surface area contributed by atoms with Crippen molar-refractivity contribution in [3.8, 4) is 21.1 Å². The summed E-state index contributed by atoms with van der Waals surface area (Å²) in [5, 5.41) is 23.8. The summed E-state index contributed by atoms with van der Waals surface area (Å²) in [7, 11) is 0. The Morgan fingerprint density at radius 3 is 2.75 bits per heavy atom. The smallest absolute Gasteiger partial charge is 0.222 e. The number of H-pyrrole nitrogens is 1. The molecule has 3 heterocycles. The van der Waals surface area contributed by atoms with Gasteiger partial charge in [-0.1, -0.05) is 12.1 Å². The summed E-state index contributed by atoms with van der Waals surface area (Å²) in [5.74, 6) is 1.00. The Bertz CT molecular complexity index is 1190. The first kappa shape index (κ1) is 22.5. The molecule has 4 rings (SSSR count). The number of aliphatic hydroxyl groups excluding tert-OH is 1. The molecular weight excluding hydrogens is 539 g/mol. The highest BCUT2D eigenvalue weighted by Gasteiger charge is 2.23. The van der Waals surface area contributed by atoms with Gasteiger partial charge in [0.15, 0.2) is 5.82 Å². The van der Waals surface area contributed by atoms with Crippen LogP contribution >= 0.6 is 33.9 Å². The fraction of sp³-hybridized carbons (Fsp3) is 0.182. The molecule has 3 aromatic heterocycles. The van der Waals surface area contributed by atoms with Crippen molar-refractivity contribution in [2.45, 2.75) is 13.0 Å². The normalized spacial score (nSPS) is 12.0. The molecular formula is C22H21IN6O2S. The molecule has 0 aliphatic heterocycles. The Morgan fingerprint density at radius 1 is 1.25 bits per heavy atom. The van der Waals surface area contributed by atoms with Gasteiger partial charge in [0.05, 0.1) is 17.5 Å². The van der Waals surface area contributed by atoms with Crippen LogP contribution in [0, 0.1) is 3.57 Å². The highest BCUT2D eigenvalue weighted by atomic mass is 127. The third-order valence-electron chi connectivity index (χ3n) is 4.72. The van der Waals surface area contributed by atoms with Gasteiger partial charge in [0.1, 0.15) is 12.1 Å². The molecule has 10 heteroatoms. The second kappa shape index (κ2) is 10.3. The van der Waals surface area contributed by atoms with Crippen LogP contribution in [0.4, 0.5) is 5.82 Å². The average Bonchev–Trinajstić information content (AvgIpc) is 3.45. The number of halogens is 1. The zero-order chi connectivity index (χ0) is 22.5. The van der Waals surface area contributed by atoms with E-state index in [9.17, 15) is 9.90 Å². The van der Waals surface area contributed by atoms with Crippen molar-refractivity contribution < 1.29 is 9.90 Å². The Morgan fingerprint density at radius 2 is 2.06 bits per heavy atom. The molecule has 0 fully saturated rings. The molecule has 1 amide bonds. The Labute approximate surface area is 202 Å². The van der Waals surface area contributed by atoms with E-state index in [1.165, 1.54) is 6.92 Å². The summed E-state index contributed by atoms with van der Waals surface area (Å²) >= 11 is 3.86. The molecule has 1 aromatic carbocycles. The number of hydrogen-bond donors (Lipinski definition) is 4. The standard InChI is InChI=1S/C22H21IN6O2S/c1-13(31)28-19-10-15(6-7-24-19)18-11-17(21(32-18)22-26-12-27-29-22)20(25-8-9-30)14-2-4-16(23)5-3-14/h2-7,10-12,20,25,30H,8-9H2,1H3,(H,24,28,31)(H,26,27,29). The number of hydrogen-bond acceptors (Lipinski definition) is 7. The molecule has 32 heavy (non-hydrogen) atoms. The van der Waals surface area contributed by atoms with E-state index >= 15 is 0 Å². The molecule has 0 radical (unpaired) electrons. The second-order valence-corrected chi connectivity index (χ2v) is 9.30. The SMILES string of the molecule is CC(=O)Nc1cc(-c2cc(C(NCCO)c3ccc(I)cc3)c(-c3nnc[nH]3)s2)ccn1. The summed E-state index contributed by atoms with van der Waals surface area (Å²) in [4.78, 5) is 20.7. The number of aromatic nitrogens is 4. The first-order valence-corrected chi connectivity index (χ1v) is 11.8. The molecule has 164 valence electrons. The Balaban J connectivity index is 1.82. The first-order chi connectivity index (χ1) is 15.5.